The minimum Gasteiger partial charge on any atom is -0.353 e. The second kappa shape index (κ2) is 7.66. The van der Waals surface area contributed by atoms with Crippen molar-refractivity contribution in [1.29, 1.82) is 0 Å². The van der Waals surface area contributed by atoms with Gasteiger partial charge in [0, 0.05) is 11.9 Å². The van der Waals surface area contributed by atoms with Gasteiger partial charge in [-0.1, -0.05) is 22.4 Å². The molecule has 2 nitrogen and oxygen atoms in total. The Kier molecular flexibility index (Phi) is 6.82. The molecule has 0 amide bonds. The van der Waals surface area contributed by atoms with E-state index in [4.69, 9.17) is 9.47 Å². The van der Waals surface area contributed by atoms with Crippen LogP contribution in [0.5, 0.6) is 0 Å². The molecule has 1 aliphatic rings. The number of hydrogen-bond donors (Lipinski definition) is 0. The number of halogens is 1. The second-order valence-electron chi connectivity index (χ2n) is 3.93. The molecule has 1 aliphatic heterocycles. The summed E-state index contributed by atoms with van der Waals surface area (Å²) in [5, 5.41) is 1.10. The summed E-state index contributed by atoms with van der Waals surface area (Å²) in [4.78, 5) is 0. The molecular weight excluding hydrogens is 244 g/mol. The smallest absolute Gasteiger partial charge is 0.157 e. The normalized spacial score (nSPS) is 24.9. The van der Waals surface area contributed by atoms with E-state index in [9.17, 15) is 0 Å². The summed E-state index contributed by atoms with van der Waals surface area (Å²) in [6, 6.07) is 0. The quantitative estimate of drug-likeness (QED) is 0.540. The van der Waals surface area contributed by atoms with Gasteiger partial charge in [-0.25, -0.2) is 0 Å². The van der Waals surface area contributed by atoms with Crippen molar-refractivity contribution >= 4 is 15.9 Å². The SMILES string of the molecule is CC(CCCCBr)OC1CCCCO1. The van der Waals surface area contributed by atoms with Gasteiger partial charge in [-0.15, -0.1) is 0 Å². The fraction of sp³-hybridized carbons (Fsp3) is 1.00. The molecule has 1 heterocycles. The van der Waals surface area contributed by atoms with Crippen LogP contribution in [0.2, 0.25) is 0 Å². The molecule has 0 saturated carbocycles. The molecule has 0 aromatic rings. The van der Waals surface area contributed by atoms with Crippen molar-refractivity contribution in [2.45, 2.75) is 57.8 Å². The van der Waals surface area contributed by atoms with Crippen LogP contribution in [0.3, 0.4) is 0 Å². The standard InChI is InChI=1S/C11H21BrO2/c1-10(6-2-4-8-12)14-11-7-3-5-9-13-11/h10-11H,2-9H2,1H3. The van der Waals surface area contributed by atoms with Crippen LogP contribution in [-0.2, 0) is 9.47 Å². The Hall–Kier alpha value is 0.400. The maximum absolute atomic E-state index is 5.80. The van der Waals surface area contributed by atoms with Crippen molar-refractivity contribution in [3.05, 3.63) is 0 Å². The molecule has 0 bridgehead atoms. The van der Waals surface area contributed by atoms with Crippen LogP contribution in [0.4, 0.5) is 0 Å². The Morgan fingerprint density at radius 1 is 1.43 bits per heavy atom. The molecule has 0 N–H and O–H groups in total. The van der Waals surface area contributed by atoms with Gasteiger partial charge in [0.25, 0.3) is 0 Å². The molecule has 1 fully saturated rings. The van der Waals surface area contributed by atoms with E-state index < -0.39 is 0 Å². The van der Waals surface area contributed by atoms with Crippen LogP contribution >= 0.6 is 15.9 Å². The summed E-state index contributed by atoms with van der Waals surface area (Å²) >= 11 is 3.43. The highest BCUT2D eigenvalue weighted by atomic mass is 79.9. The van der Waals surface area contributed by atoms with Crippen LogP contribution in [0.1, 0.15) is 45.4 Å². The van der Waals surface area contributed by atoms with E-state index in [1.54, 1.807) is 0 Å². The summed E-state index contributed by atoms with van der Waals surface area (Å²) in [5.41, 5.74) is 0. The largest absolute Gasteiger partial charge is 0.353 e. The van der Waals surface area contributed by atoms with Gasteiger partial charge in [-0.3, -0.25) is 0 Å². The zero-order chi connectivity index (χ0) is 10.2. The van der Waals surface area contributed by atoms with Crippen LogP contribution in [0.15, 0.2) is 0 Å². The number of ether oxygens (including phenoxy) is 2. The molecule has 0 spiro atoms. The molecule has 84 valence electrons. The Balaban J connectivity index is 2.03. The number of hydrogen-bond acceptors (Lipinski definition) is 2. The van der Waals surface area contributed by atoms with E-state index in [1.165, 1.54) is 25.7 Å². The van der Waals surface area contributed by atoms with E-state index in [0.29, 0.717) is 6.10 Å². The topological polar surface area (TPSA) is 18.5 Å². The zero-order valence-electron chi connectivity index (χ0n) is 9.01. The van der Waals surface area contributed by atoms with Crippen molar-refractivity contribution in [2.24, 2.45) is 0 Å². The molecule has 2 unspecified atom stereocenters. The van der Waals surface area contributed by atoms with Gasteiger partial charge in [0.05, 0.1) is 6.10 Å². The molecule has 0 radical (unpaired) electrons. The molecule has 3 heteroatoms. The molecule has 1 rings (SSSR count). The van der Waals surface area contributed by atoms with E-state index in [1.807, 2.05) is 0 Å². The van der Waals surface area contributed by atoms with E-state index in [2.05, 4.69) is 22.9 Å². The van der Waals surface area contributed by atoms with Crippen LogP contribution < -0.4 is 0 Å². The maximum atomic E-state index is 5.80. The summed E-state index contributed by atoms with van der Waals surface area (Å²) in [5.74, 6) is 0. The third kappa shape index (κ3) is 5.32. The third-order valence-corrected chi connectivity index (χ3v) is 3.08. The fourth-order valence-corrected chi connectivity index (χ4v) is 2.07. The first-order valence-electron chi connectivity index (χ1n) is 5.66. The Labute approximate surface area is 95.5 Å². The van der Waals surface area contributed by atoms with Crippen LogP contribution in [-0.4, -0.2) is 24.3 Å². The predicted octanol–water partition coefficient (Wildman–Crippen LogP) is 3.48. The second-order valence-corrected chi connectivity index (χ2v) is 4.72. The lowest BCUT2D eigenvalue weighted by Crippen LogP contribution is -2.26. The monoisotopic (exact) mass is 264 g/mol. The first-order valence-corrected chi connectivity index (χ1v) is 6.78. The van der Waals surface area contributed by atoms with E-state index in [-0.39, 0.29) is 6.29 Å². The summed E-state index contributed by atoms with van der Waals surface area (Å²) in [6.07, 6.45) is 7.54. The third-order valence-electron chi connectivity index (χ3n) is 2.52. The summed E-state index contributed by atoms with van der Waals surface area (Å²) < 4.78 is 11.3. The van der Waals surface area contributed by atoms with Gasteiger partial charge >= 0.3 is 0 Å². The van der Waals surface area contributed by atoms with E-state index in [0.717, 1.165) is 24.8 Å². The highest BCUT2D eigenvalue weighted by Crippen LogP contribution is 2.17. The molecule has 14 heavy (non-hydrogen) atoms. The van der Waals surface area contributed by atoms with Crippen molar-refractivity contribution in [3.8, 4) is 0 Å². The lowest BCUT2D eigenvalue weighted by atomic mass is 10.1. The summed E-state index contributed by atoms with van der Waals surface area (Å²) in [7, 11) is 0. The average Bonchev–Trinajstić information content (AvgIpc) is 2.20. The Morgan fingerprint density at radius 3 is 2.93 bits per heavy atom. The van der Waals surface area contributed by atoms with Crippen LogP contribution in [0.25, 0.3) is 0 Å². The van der Waals surface area contributed by atoms with Crippen LogP contribution in [0, 0.1) is 0 Å². The molecule has 1 saturated heterocycles. The number of rotatable bonds is 6. The maximum Gasteiger partial charge on any atom is 0.157 e. The number of alkyl halides is 1. The van der Waals surface area contributed by atoms with Gasteiger partial charge in [0.15, 0.2) is 6.29 Å². The van der Waals surface area contributed by atoms with Gasteiger partial charge in [0.2, 0.25) is 0 Å². The van der Waals surface area contributed by atoms with Crippen molar-refractivity contribution in [2.75, 3.05) is 11.9 Å². The van der Waals surface area contributed by atoms with E-state index >= 15 is 0 Å². The molecule has 0 aromatic heterocycles. The first-order chi connectivity index (χ1) is 6.83. The first kappa shape index (κ1) is 12.5. The van der Waals surface area contributed by atoms with Crippen molar-refractivity contribution < 1.29 is 9.47 Å². The van der Waals surface area contributed by atoms with Gasteiger partial charge in [0.1, 0.15) is 0 Å². The molecule has 0 aromatic carbocycles. The highest BCUT2D eigenvalue weighted by Gasteiger charge is 2.16. The minimum atomic E-state index is 0.0720. The van der Waals surface area contributed by atoms with Gasteiger partial charge in [-0.2, -0.15) is 0 Å². The zero-order valence-corrected chi connectivity index (χ0v) is 10.6. The lowest BCUT2D eigenvalue weighted by molar-refractivity contribution is -0.185. The Morgan fingerprint density at radius 2 is 2.29 bits per heavy atom. The molecular formula is C11H21BrO2. The number of unbranched alkanes of at least 4 members (excludes halogenated alkanes) is 1. The fourth-order valence-electron chi connectivity index (χ4n) is 1.67. The highest BCUT2D eigenvalue weighted by molar-refractivity contribution is 9.09. The van der Waals surface area contributed by atoms with Gasteiger partial charge < -0.3 is 9.47 Å². The Bertz CT molecular complexity index is 135. The predicted molar refractivity (Wildman–Crippen MR) is 61.8 cm³/mol. The minimum absolute atomic E-state index is 0.0720. The van der Waals surface area contributed by atoms with Crippen molar-refractivity contribution in [1.82, 2.24) is 0 Å². The molecule has 2 atom stereocenters. The average molecular weight is 265 g/mol. The van der Waals surface area contributed by atoms with Crippen molar-refractivity contribution in [3.63, 3.8) is 0 Å². The lowest BCUT2D eigenvalue weighted by Gasteiger charge is -2.26. The summed E-state index contributed by atoms with van der Waals surface area (Å²) in [6.45, 7) is 3.02. The molecule has 0 aliphatic carbocycles. The van der Waals surface area contributed by atoms with Gasteiger partial charge in [-0.05, 0) is 39.0 Å².